The maximum absolute atomic E-state index is 13.1. The minimum atomic E-state index is -4.96. The van der Waals surface area contributed by atoms with Gasteiger partial charge in [0.2, 0.25) is 0 Å². The second kappa shape index (κ2) is 71.7. The fourth-order valence-corrected chi connectivity index (χ4v) is 13.9. The van der Waals surface area contributed by atoms with Gasteiger partial charge in [0.25, 0.3) is 0 Å². The summed E-state index contributed by atoms with van der Waals surface area (Å²) >= 11 is 0. The Hall–Kier alpha value is -1.94. The summed E-state index contributed by atoms with van der Waals surface area (Å²) in [5.41, 5.74) is 0. The van der Waals surface area contributed by atoms with Crippen LogP contribution in [0.25, 0.3) is 0 Å². The van der Waals surface area contributed by atoms with E-state index in [0.29, 0.717) is 25.7 Å². The standard InChI is InChI=1S/C80H156O17P2/c1-7-9-11-13-15-17-19-20-28-33-40-46-52-58-64-79(84)96-75(68-90-77(82)62-56-50-44-38-18-16-14-12-10-8-2)70-94-98(86,87)92-66-74(81)67-93-99(88,89)95-71-76(69-91-78(83)63-57-51-45-39-35-30-32-37-43-49-55-61-73(5)6)97-80(85)65-59-53-47-41-34-29-26-24-22-21-23-25-27-31-36-42-48-54-60-72(3)4/h72-76,81H,7-71H2,1-6H3,(H,86,87)(H,88,89)/t74-,75+,76+/m0/s1. The van der Waals surface area contributed by atoms with Crippen LogP contribution in [0.3, 0.4) is 0 Å². The van der Waals surface area contributed by atoms with Crippen molar-refractivity contribution >= 4 is 39.5 Å². The lowest BCUT2D eigenvalue weighted by atomic mass is 10.0. The third kappa shape index (κ3) is 74.1. The van der Waals surface area contributed by atoms with Gasteiger partial charge in [-0.05, 0) is 37.5 Å². The number of phosphoric acid groups is 2. The Bertz CT molecular complexity index is 1910. The van der Waals surface area contributed by atoms with E-state index in [4.69, 9.17) is 37.0 Å². The lowest BCUT2D eigenvalue weighted by Gasteiger charge is -2.21. The third-order valence-electron chi connectivity index (χ3n) is 18.7. The van der Waals surface area contributed by atoms with Crippen LogP contribution in [-0.4, -0.2) is 96.7 Å². The molecule has 0 saturated heterocycles. The van der Waals surface area contributed by atoms with Gasteiger partial charge in [-0.2, -0.15) is 0 Å². The highest BCUT2D eigenvalue weighted by atomic mass is 31.2. The molecule has 0 fully saturated rings. The van der Waals surface area contributed by atoms with Gasteiger partial charge in [0.1, 0.15) is 19.3 Å². The Morgan fingerprint density at radius 1 is 0.273 bits per heavy atom. The molecule has 0 heterocycles. The number of phosphoric ester groups is 2. The second-order valence-electron chi connectivity index (χ2n) is 29.8. The first-order chi connectivity index (χ1) is 47.9. The topological polar surface area (TPSA) is 237 Å². The number of ether oxygens (including phenoxy) is 4. The van der Waals surface area contributed by atoms with Gasteiger partial charge in [0.05, 0.1) is 26.4 Å². The predicted molar refractivity (Wildman–Crippen MR) is 405 cm³/mol. The van der Waals surface area contributed by atoms with E-state index in [0.717, 1.165) is 102 Å². The zero-order valence-corrected chi connectivity index (χ0v) is 66.6. The molecule has 0 amide bonds. The minimum Gasteiger partial charge on any atom is -0.462 e. The van der Waals surface area contributed by atoms with Crippen LogP contribution in [0.5, 0.6) is 0 Å². The Morgan fingerprint density at radius 2 is 0.465 bits per heavy atom. The first-order valence-electron chi connectivity index (χ1n) is 41.5. The lowest BCUT2D eigenvalue weighted by Crippen LogP contribution is -2.30. The maximum Gasteiger partial charge on any atom is 0.472 e. The molecule has 0 aliphatic carbocycles. The van der Waals surface area contributed by atoms with Crippen LogP contribution in [0.15, 0.2) is 0 Å². The summed E-state index contributed by atoms with van der Waals surface area (Å²) in [5, 5.41) is 10.6. The van der Waals surface area contributed by atoms with Crippen LogP contribution in [0.4, 0.5) is 0 Å². The molecule has 2 unspecified atom stereocenters. The van der Waals surface area contributed by atoms with Crippen LogP contribution < -0.4 is 0 Å². The molecule has 17 nitrogen and oxygen atoms in total. The SMILES string of the molecule is CCCCCCCCCCCCCCCCC(=O)O[C@H](COC(=O)CCCCCCCCCCCC)COP(=O)(O)OC[C@H](O)COP(=O)(O)OC[C@@H](COC(=O)CCCCCCCCCCCCCC(C)C)OC(=O)CCCCCCCCCCCCCCCCCCCCC(C)C. The Labute approximate surface area is 607 Å². The van der Waals surface area contributed by atoms with E-state index in [2.05, 4.69) is 41.5 Å². The molecule has 0 spiro atoms. The third-order valence-corrected chi connectivity index (χ3v) is 20.6. The monoisotopic (exact) mass is 1450 g/mol. The van der Waals surface area contributed by atoms with E-state index >= 15 is 0 Å². The van der Waals surface area contributed by atoms with Crippen molar-refractivity contribution in [3.05, 3.63) is 0 Å². The molecule has 0 rings (SSSR count). The van der Waals surface area contributed by atoms with Crippen molar-refractivity contribution in [2.24, 2.45) is 11.8 Å². The summed E-state index contributed by atoms with van der Waals surface area (Å²) < 4.78 is 68.7. The average Bonchev–Trinajstić information content (AvgIpc) is 1.01. The molecular formula is C80H156O17P2. The quantitative estimate of drug-likeness (QED) is 0.0222. The smallest absolute Gasteiger partial charge is 0.462 e. The summed E-state index contributed by atoms with van der Waals surface area (Å²) in [6, 6.07) is 0. The maximum atomic E-state index is 13.1. The van der Waals surface area contributed by atoms with E-state index in [1.165, 1.54) is 238 Å². The number of carbonyl (C=O) groups is 4. The summed E-state index contributed by atoms with van der Waals surface area (Å²) in [7, 11) is -9.92. The average molecular weight is 1450 g/mol. The van der Waals surface area contributed by atoms with E-state index < -0.39 is 97.5 Å². The fraction of sp³-hybridized carbons (Fsp3) is 0.950. The van der Waals surface area contributed by atoms with Gasteiger partial charge >= 0.3 is 39.5 Å². The van der Waals surface area contributed by atoms with E-state index in [1.54, 1.807) is 0 Å². The van der Waals surface area contributed by atoms with Gasteiger partial charge in [-0.25, -0.2) is 9.13 Å². The molecule has 3 N–H and O–H groups in total. The molecule has 0 radical (unpaired) electrons. The van der Waals surface area contributed by atoms with E-state index in [-0.39, 0.29) is 25.7 Å². The minimum absolute atomic E-state index is 0.108. The zero-order valence-electron chi connectivity index (χ0n) is 64.8. The predicted octanol–water partition coefficient (Wildman–Crippen LogP) is 23.9. The van der Waals surface area contributed by atoms with Crippen LogP contribution in [0, 0.1) is 11.8 Å². The number of rotatable bonds is 79. The highest BCUT2D eigenvalue weighted by Gasteiger charge is 2.30. The molecule has 19 heteroatoms. The van der Waals surface area contributed by atoms with Gasteiger partial charge in [-0.1, -0.05) is 369 Å². The largest absolute Gasteiger partial charge is 0.472 e. The molecule has 0 aromatic carbocycles. The summed E-state index contributed by atoms with van der Waals surface area (Å²) in [6.07, 6.45) is 61.0. The van der Waals surface area contributed by atoms with Gasteiger partial charge in [0.15, 0.2) is 12.2 Å². The van der Waals surface area contributed by atoms with Crippen LogP contribution >= 0.6 is 15.6 Å². The Kier molecular flexibility index (Phi) is 70.3. The number of carbonyl (C=O) groups excluding carboxylic acids is 4. The number of hydrogen-bond acceptors (Lipinski definition) is 15. The molecule has 0 bridgehead atoms. The highest BCUT2D eigenvalue weighted by molar-refractivity contribution is 7.47. The molecule has 0 aromatic heterocycles. The van der Waals surface area contributed by atoms with Gasteiger partial charge in [-0.3, -0.25) is 37.3 Å². The fourth-order valence-electron chi connectivity index (χ4n) is 12.4. The molecule has 0 aliphatic rings. The van der Waals surface area contributed by atoms with Crippen molar-refractivity contribution in [3.8, 4) is 0 Å². The summed E-state index contributed by atoms with van der Waals surface area (Å²) in [6.45, 7) is 9.66. The van der Waals surface area contributed by atoms with Crippen molar-refractivity contribution in [1.82, 2.24) is 0 Å². The number of aliphatic hydroxyl groups excluding tert-OH is 1. The first kappa shape index (κ1) is 97.1. The highest BCUT2D eigenvalue weighted by Crippen LogP contribution is 2.45. The number of unbranched alkanes of at least 4 members (excludes halogenated alkanes) is 49. The normalized spacial score (nSPS) is 13.9. The molecule has 99 heavy (non-hydrogen) atoms. The number of hydrogen-bond donors (Lipinski definition) is 3. The molecule has 588 valence electrons. The molecular weight excluding hydrogens is 1290 g/mol. The van der Waals surface area contributed by atoms with Gasteiger partial charge in [-0.15, -0.1) is 0 Å². The number of aliphatic hydroxyl groups is 1. The summed E-state index contributed by atoms with van der Waals surface area (Å²) in [4.78, 5) is 72.9. The van der Waals surface area contributed by atoms with Gasteiger partial charge in [0, 0.05) is 25.7 Å². The van der Waals surface area contributed by atoms with Crippen molar-refractivity contribution in [1.29, 1.82) is 0 Å². The van der Waals surface area contributed by atoms with E-state index in [1.807, 2.05) is 0 Å². The zero-order chi connectivity index (χ0) is 72.8. The van der Waals surface area contributed by atoms with Crippen LogP contribution in [0.2, 0.25) is 0 Å². The van der Waals surface area contributed by atoms with Crippen molar-refractivity contribution in [2.75, 3.05) is 39.6 Å². The van der Waals surface area contributed by atoms with Crippen molar-refractivity contribution < 1.29 is 80.2 Å². The Balaban J connectivity index is 5.21. The van der Waals surface area contributed by atoms with Crippen LogP contribution in [0.1, 0.15) is 420 Å². The van der Waals surface area contributed by atoms with Crippen molar-refractivity contribution in [3.63, 3.8) is 0 Å². The molecule has 0 aliphatic heterocycles. The summed E-state index contributed by atoms with van der Waals surface area (Å²) in [5.74, 6) is -0.518. The number of esters is 4. The first-order valence-corrected chi connectivity index (χ1v) is 44.5. The lowest BCUT2D eigenvalue weighted by molar-refractivity contribution is -0.161. The van der Waals surface area contributed by atoms with Crippen LogP contribution in [-0.2, 0) is 65.4 Å². The molecule has 0 aromatic rings. The van der Waals surface area contributed by atoms with Crippen molar-refractivity contribution in [2.45, 2.75) is 439 Å². The molecule has 0 saturated carbocycles. The second-order valence-corrected chi connectivity index (χ2v) is 32.7. The van der Waals surface area contributed by atoms with E-state index in [9.17, 15) is 43.2 Å². The molecule has 5 atom stereocenters. The van der Waals surface area contributed by atoms with Gasteiger partial charge < -0.3 is 33.8 Å². The Morgan fingerprint density at radius 3 is 0.687 bits per heavy atom.